The molecule has 1 fully saturated rings. The van der Waals surface area contributed by atoms with E-state index in [1.165, 1.54) is 32.1 Å². The molecule has 1 aromatic carbocycles. The highest BCUT2D eigenvalue weighted by Crippen LogP contribution is 2.27. The fourth-order valence-corrected chi connectivity index (χ4v) is 2.99. The summed E-state index contributed by atoms with van der Waals surface area (Å²) in [5.74, 6) is 2.46. The molecule has 0 aromatic heterocycles. The van der Waals surface area contributed by atoms with Crippen molar-refractivity contribution in [1.29, 1.82) is 0 Å². The molecular weight excluding hydrogens is 250 g/mol. The smallest absolute Gasteiger partial charge is 0.161 e. The molecule has 3 heteroatoms. The fourth-order valence-electron chi connectivity index (χ4n) is 2.99. The summed E-state index contributed by atoms with van der Waals surface area (Å²) < 4.78 is 11.1. The van der Waals surface area contributed by atoms with Gasteiger partial charge in [0.15, 0.2) is 11.5 Å². The molecule has 3 nitrogen and oxygen atoms in total. The largest absolute Gasteiger partial charge is 0.493 e. The van der Waals surface area contributed by atoms with Gasteiger partial charge in [0.1, 0.15) is 6.61 Å². The van der Waals surface area contributed by atoms with E-state index in [0.29, 0.717) is 12.6 Å². The van der Waals surface area contributed by atoms with Crippen LogP contribution in [0.4, 0.5) is 0 Å². The number of ether oxygens (including phenoxy) is 2. The Balaban J connectivity index is 1.68. The van der Waals surface area contributed by atoms with Gasteiger partial charge in [-0.05, 0) is 37.8 Å². The third kappa shape index (κ3) is 4.41. The molecule has 112 valence electrons. The zero-order valence-corrected chi connectivity index (χ0v) is 12.7. The molecule has 1 aliphatic rings. The number of benzene rings is 1. The van der Waals surface area contributed by atoms with Gasteiger partial charge >= 0.3 is 0 Å². The summed E-state index contributed by atoms with van der Waals surface area (Å²) in [6.45, 7) is 3.87. The number of hydrogen-bond donors (Lipinski definition) is 1. The topological polar surface area (TPSA) is 30.5 Å². The van der Waals surface area contributed by atoms with Crippen LogP contribution < -0.4 is 14.8 Å². The van der Waals surface area contributed by atoms with Gasteiger partial charge < -0.3 is 14.8 Å². The first-order chi connectivity index (χ1) is 9.81. The number of hydrogen-bond acceptors (Lipinski definition) is 3. The highest BCUT2D eigenvalue weighted by molar-refractivity contribution is 5.39. The molecule has 0 aliphatic heterocycles. The minimum absolute atomic E-state index is 0.594. The maximum atomic E-state index is 5.78. The van der Waals surface area contributed by atoms with Crippen LogP contribution >= 0.6 is 0 Å². The summed E-state index contributed by atoms with van der Waals surface area (Å²) >= 11 is 0. The van der Waals surface area contributed by atoms with E-state index in [4.69, 9.17) is 9.47 Å². The zero-order valence-electron chi connectivity index (χ0n) is 12.7. The van der Waals surface area contributed by atoms with Gasteiger partial charge in [-0.3, -0.25) is 0 Å². The average molecular weight is 277 g/mol. The van der Waals surface area contributed by atoms with E-state index in [1.54, 1.807) is 7.11 Å². The van der Waals surface area contributed by atoms with Crippen molar-refractivity contribution in [3.63, 3.8) is 0 Å². The lowest BCUT2D eigenvalue weighted by molar-refractivity contribution is 0.251. The van der Waals surface area contributed by atoms with Gasteiger partial charge in [-0.15, -0.1) is 0 Å². The lowest BCUT2D eigenvalue weighted by Gasteiger charge is -2.28. The predicted octanol–water partition coefficient (Wildman–Crippen LogP) is 3.63. The van der Waals surface area contributed by atoms with Gasteiger partial charge in [0, 0.05) is 12.6 Å². The van der Waals surface area contributed by atoms with Crippen LogP contribution in [0.1, 0.15) is 39.0 Å². The molecule has 0 radical (unpaired) electrons. The van der Waals surface area contributed by atoms with Gasteiger partial charge in [0.2, 0.25) is 0 Å². The first-order valence-corrected chi connectivity index (χ1v) is 7.80. The van der Waals surface area contributed by atoms with Crippen LogP contribution in [-0.2, 0) is 0 Å². The average Bonchev–Trinajstić information content (AvgIpc) is 2.52. The van der Waals surface area contributed by atoms with E-state index < -0.39 is 0 Å². The molecule has 1 N–H and O–H groups in total. The Labute approximate surface area is 122 Å². The lowest BCUT2D eigenvalue weighted by Crippen LogP contribution is -2.37. The van der Waals surface area contributed by atoms with Crippen LogP contribution in [0, 0.1) is 5.92 Å². The van der Waals surface area contributed by atoms with Gasteiger partial charge in [-0.1, -0.05) is 31.4 Å². The summed E-state index contributed by atoms with van der Waals surface area (Å²) in [7, 11) is 1.67. The highest BCUT2D eigenvalue weighted by atomic mass is 16.5. The van der Waals surface area contributed by atoms with Crippen LogP contribution in [0.5, 0.6) is 11.5 Å². The molecule has 0 saturated heterocycles. The first kappa shape index (κ1) is 15.2. The third-order valence-corrected chi connectivity index (χ3v) is 4.25. The van der Waals surface area contributed by atoms with E-state index in [9.17, 15) is 0 Å². The van der Waals surface area contributed by atoms with Crippen molar-refractivity contribution in [2.75, 3.05) is 20.3 Å². The van der Waals surface area contributed by atoms with Gasteiger partial charge in [0.25, 0.3) is 0 Å². The Morgan fingerprint density at radius 3 is 2.55 bits per heavy atom. The summed E-state index contributed by atoms with van der Waals surface area (Å²) in [5.41, 5.74) is 0. The maximum absolute atomic E-state index is 5.78. The van der Waals surface area contributed by atoms with Crippen molar-refractivity contribution in [3.8, 4) is 11.5 Å². The minimum atomic E-state index is 0.594. The molecule has 1 aliphatic carbocycles. The van der Waals surface area contributed by atoms with E-state index in [2.05, 4.69) is 12.2 Å². The molecule has 0 heterocycles. The van der Waals surface area contributed by atoms with Crippen LogP contribution in [0.25, 0.3) is 0 Å². The second-order valence-electron chi connectivity index (χ2n) is 5.64. The van der Waals surface area contributed by atoms with Crippen molar-refractivity contribution in [2.45, 2.75) is 45.1 Å². The van der Waals surface area contributed by atoms with Crippen molar-refractivity contribution in [1.82, 2.24) is 5.32 Å². The third-order valence-electron chi connectivity index (χ3n) is 4.25. The first-order valence-electron chi connectivity index (χ1n) is 7.80. The lowest BCUT2D eigenvalue weighted by atomic mass is 9.84. The van der Waals surface area contributed by atoms with Crippen molar-refractivity contribution in [3.05, 3.63) is 24.3 Å². The molecule has 2 rings (SSSR count). The quantitative estimate of drug-likeness (QED) is 0.772. The second-order valence-corrected chi connectivity index (χ2v) is 5.64. The van der Waals surface area contributed by atoms with Gasteiger partial charge in [-0.25, -0.2) is 0 Å². The van der Waals surface area contributed by atoms with Crippen molar-refractivity contribution < 1.29 is 9.47 Å². The molecule has 1 saturated carbocycles. The van der Waals surface area contributed by atoms with E-state index in [-0.39, 0.29) is 0 Å². The fraction of sp³-hybridized carbons (Fsp3) is 0.647. The summed E-state index contributed by atoms with van der Waals surface area (Å²) in [6.07, 6.45) is 6.96. The van der Waals surface area contributed by atoms with E-state index in [1.807, 2.05) is 24.3 Å². The van der Waals surface area contributed by atoms with Gasteiger partial charge in [-0.2, -0.15) is 0 Å². The molecule has 0 bridgehead atoms. The van der Waals surface area contributed by atoms with E-state index >= 15 is 0 Å². The molecule has 20 heavy (non-hydrogen) atoms. The van der Waals surface area contributed by atoms with Crippen LogP contribution in [0.15, 0.2) is 24.3 Å². The summed E-state index contributed by atoms with van der Waals surface area (Å²) in [4.78, 5) is 0. The molecule has 0 spiro atoms. The predicted molar refractivity (Wildman–Crippen MR) is 82.5 cm³/mol. The standard InChI is InChI=1S/C17H27NO2/c1-14(15-8-4-3-5-9-15)18-12-13-20-17-11-7-6-10-16(17)19-2/h6-7,10-11,14-15,18H,3-5,8-9,12-13H2,1-2H3. The molecular formula is C17H27NO2. The maximum Gasteiger partial charge on any atom is 0.161 e. The second kappa shape index (κ2) is 8.15. The zero-order chi connectivity index (χ0) is 14.2. The molecule has 0 amide bonds. The monoisotopic (exact) mass is 277 g/mol. The molecule has 1 unspecified atom stereocenters. The Hall–Kier alpha value is -1.22. The van der Waals surface area contributed by atoms with Crippen molar-refractivity contribution in [2.24, 2.45) is 5.92 Å². The highest BCUT2D eigenvalue weighted by Gasteiger charge is 2.19. The number of para-hydroxylation sites is 2. The summed E-state index contributed by atoms with van der Waals surface area (Å²) in [6, 6.07) is 8.39. The number of nitrogens with one attached hydrogen (secondary N) is 1. The Morgan fingerprint density at radius 1 is 1.15 bits per heavy atom. The van der Waals surface area contributed by atoms with E-state index in [0.717, 1.165) is 24.0 Å². The normalized spacial score (nSPS) is 17.7. The SMILES string of the molecule is COc1ccccc1OCCNC(C)C1CCCCC1. The minimum Gasteiger partial charge on any atom is -0.493 e. The Morgan fingerprint density at radius 2 is 1.85 bits per heavy atom. The van der Waals surface area contributed by atoms with Crippen LogP contribution in [0.3, 0.4) is 0 Å². The van der Waals surface area contributed by atoms with Crippen LogP contribution in [-0.4, -0.2) is 26.3 Å². The number of rotatable bonds is 7. The molecule has 1 aromatic rings. The summed E-state index contributed by atoms with van der Waals surface area (Å²) in [5, 5.41) is 3.59. The van der Waals surface area contributed by atoms with Gasteiger partial charge in [0.05, 0.1) is 7.11 Å². The molecule has 1 atom stereocenters. The van der Waals surface area contributed by atoms with Crippen molar-refractivity contribution >= 4 is 0 Å². The Kier molecular flexibility index (Phi) is 6.19. The number of methoxy groups -OCH3 is 1. The Bertz CT molecular complexity index is 388. The van der Waals surface area contributed by atoms with Crippen LogP contribution in [0.2, 0.25) is 0 Å².